The maximum absolute atomic E-state index is 12.2. The molecule has 3 aromatic rings. The SMILES string of the molecule is CC(CNC(=O)NCc1ccccc1Oc1ccccc1)Nc1ccccc1. The van der Waals surface area contributed by atoms with Gasteiger partial charge in [-0.15, -0.1) is 0 Å². The van der Waals surface area contributed by atoms with Crippen molar-refractivity contribution >= 4 is 11.7 Å². The van der Waals surface area contributed by atoms with Gasteiger partial charge in [-0.1, -0.05) is 54.6 Å². The number of hydrogen-bond acceptors (Lipinski definition) is 3. The van der Waals surface area contributed by atoms with Crippen LogP contribution >= 0.6 is 0 Å². The molecule has 144 valence electrons. The van der Waals surface area contributed by atoms with Crippen molar-refractivity contribution in [3.8, 4) is 11.5 Å². The van der Waals surface area contributed by atoms with Crippen LogP contribution in [0.4, 0.5) is 10.5 Å². The third kappa shape index (κ3) is 6.06. The van der Waals surface area contributed by atoms with Crippen LogP contribution in [0.3, 0.4) is 0 Å². The van der Waals surface area contributed by atoms with Gasteiger partial charge in [-0.2, -0.15) is 0 Å². The molecule has 3 N–H and O–H groups in total. The molecule has 0 aliphatic heterocycles. The second kappa shape index (κ2) is 10.0. The van der Waals surface area contributed by atoms with Crippen LogP contribution in [0, 0.1) is 0 Å². The third-order valence-electron chi connectivity index (χ3n) is 4.14. The highest BCUT2D eigenvalue weighted by Crippen LogP contribution is 2.24. The normalized spacial score (nSPS) is 11.3. The van der Waals surface area contributed by atoms with E-state index in [0.717, 1.165) is 22.7 Å². The Labute approximate surface area is 165 Å². The molecule has 0 bridgehead atoms. The number of rotatable bonds is 8. The molecule has 0 saturated carbocycles. The van der Waals surface area contributed by atoms with Crippen molar-refractivity contribution in [2.24, 2.45) is 0 Å². The highest BCUT2D eigenvalue weighted by atomic mass is 16.5. The molecule has 0 spiro atoms. The number of ether oxygens (including phenoxy) is 1. The second-order valence-electron chi connectivity index (χ2n) is 6.50. The predicted octanol–water partition coefficient (Wildman–Crippen LogP) is 4.78. The highest BCUT2D eigenvalue weighted by Gasteiger charge is 2.08. The fourth-order valence-electron chi connectivity index (χ4n) is 2.72. The molecule has 3 rings (SSSR count). The van der Waals surface area contributed by atoms with Crippen LogP contribution in [-0.4, -0.2) is 18.6 Å². The van der Waals surface area contributed by atoms with Crippen LogP contribution in [0.15, 0.2) is 84.9 Å². The number of carbonyl (C=O) groups excluding carboxylic acids is 1. The molecule has 0 aromatic heterocycles. The van der Waals surface area contributed by atoms with Gasteiger partial charge in [-0.3, -0.25) is 0 Å². The Bertz CT molecular complexity index is 869. The monoisotopic (exact) mass is 375 g/mol. The Morgan fingerprint density at radius 3 is 2.25 bits per heavy atom. The van der Waals surface area contributed by atoms with Gasteiger partial charge >= 0.3 is 6.03 Å². The number of anilines is 1. The molecule has 0 fully saturated rings. The minimum Gasteiger partial charge on any atom is -0.457 e. The van der Waals surface area contributed by atoms with Gasteiger partial charge < -0.3 is 20.7 Å². The first-order chi connectivity index (χ1) is 13.7. The summed E-state index contributed by atoms with van der Waals surface area (Å²) >= 11 is 0. The Balaban J connectivity index is 1.47. The van der Waals surface area contributed by atoms with E-state index in [4.69, 9.17) is 4.74 Å². The van der Waals surface area contributed by atoms with Crippen molar-refractivity contribution in [3.63, 3.8) is 0 Å². The van der Waals surface area contributed by atoms with E-state index in [1.807, 2.05) is 91.9 Å². The van der Waals surface area contributed by atoms with Crippen molar-refractivity contribution in [1.29, 1.82) is 0 Å². The van der Waals surface area contributed by atoms with Crippen LogP contribution in [0.1, 0.15) is 12.5 Å². The van der Waals surface area contributed by atoms with Crippen molar-refractivity contribution in [2.45, 2.75) is 19.5 Å². The van der Waals surface area contributed by atoms with Crippen molar-refractivity contribution in [2.75, 3.05) is 11.9 Å². The number of amides is 2. The van der Waals surface area contributed by atoms with E-state index in [9.17, 15) is 4.79 Å². The van der Waals surface area contributed by atoms with Crippen LogP contribution in [0.25, 0.3) is 0 Å². The average Bonchev–Trinajstić information content (AvgIpc) is 2.73. The van der Waals surface area contributed by atoms with Crippen molar-refractivity contribution < 1.29 is 9.53 Å². The molecule has 3 aromatic carbocycles. The summed E-state index contributed by atoms with van der Waals surface area (Å²) in [6.07, 6.45) is 0. The highest BCUT2D eigenvalue weighted by molar-refractivity contribution is 5.74. The fourth-order valence-corrected chi connectivity index (χ4v) is 2.72. The number of nitrogens with one attached hydrogen (secondary N) is 3. The van der Waals surface area contributed by atoms with Crippen molar-refractivity contribution in [3.05, 3.63) is 90.5 Å². The van der Waals surface area contributed by atoms with E-state index in [0.29, 0.717) is 13.1 Å². The lowest BCUT2D eigenvalue weighted by molar-refractivity contribution is 0.240. The molecule has 0 radical (unpaired) electrons. The summed E-state index contributed by atoms with van der Waals surface area (Å²) in [5, 5.41) is 9.12. The predicted molar refractivity (Wildman–Crippen MR) is 113 cm³/mol. The lowest BCUT2D eigenvalue weighted by Crippen LogP contribution is -2.40. The summed E-state index contributed by atoms with van der Waals surface area (Å²) in [5.74, 6) is 1.49. The molecule has 5 heteroatoms. The van der Waals surface area contributed by atoms with Crippen LogP contribution in [-0.2, 0) is 6.54 Å². The molecule has 2 amide bonds. The van der Waals surface area contributed by atoms with Crippen LogP contribution < -0.4 is 20.7 Å². The van der Waals surface area contributed by atoms with Gasteiger partial charge in [-0.05, 0) is 37.3 Å². The molecular weight excluding hydrogens is 350 g/mol. The van der Waals surface area contributed by atoms with E-state index in [1.54, 1.807) is 0 Å². The van der Waals surface area contributed by atoms with Crippen LogP contribution in [0.2, 0.25) is 0 Å². The molecule has 5 nitrogen and oxygen atoms in total. The number of benzene rings is 3. The summed E-state index contributed by atoms with van der Waals surface area (Å²) in [6.45, 7) is 2.93. The first kappa shape index (κ1) is 19.3. The zero-order valence-corrected chi connectivity index (χ0v) is 15.9. The molecule has 0 aliphatic rings. The third-order valence-corrected chi connectivity index (χ3v) is 4.14. The molecule has 0 saturated heterocycles. The van der Waals surface area contributed by atoms with E-state index >= 15 is 0 Å². The summed E-state index contributed by atoms with van der Waals surface area (Å²) in [5.41, 5.74) is 1.95. The molecular formula is C23H25N3O2. The number of hydrogen-bond donors (Lipinski definition) is 3. The zero-order valence-electron chi connectivity index (χ0n) is 15.9. The van der Waals surface area contributed by atoms with E-state index < -0.39 is 0 Å². The maximum Gasteiger partial charge on any atom is 0.315 e. The number of para-hydroxylation sites is 3. The molecule has 28 heavy (non-hydrogen) atoms. The van der Waals surface area contributed by atoms with Crippen LogP contribution in [0.5, 0.6) is 11.5 Å². The van der Waals surface area contributed by atoms with Gasteiger partial charge in [0, 0.05) is 30.4 Å². The zero-order chi connectivity index (χ0) is 19.6. The van der Waals surface area contributed by atoms with Gasteiger partial charge in [0.05, 0.1) is 0 Å². The molecule has 1 atom stereocenters. The second-order valence-corrected chi connectivity index (χ2v) is 6.50. The Morgan fingerprint density at radius 1 is 0.857 bits per heavy atom. The lowest BCUT2D eigenvalue weighted by atomic mass is 10.2. The number of urea groups is 1. The Morgan fingerprint density at radius 2 is 1.50 bits per heavy atom. The first-order valence-electron chi connectivity index (χ1n) is 9.35. The average molecular weight is 375 g/mol. The van der Waals surface area contributed by atoms with Gasteiger partial charge in [0.25, 0.3) is 0 Å². The van der Waals surface area contributed by atoms with E-state index in [1.165, 1.54) is 0 Å². The lowest BCUT2D eigenvalue weighted by Gasteiger charge is -2.17. The minimum absolute atomic E-state index is 0.113. The largest absolute Gasteiger partial charge is 0.457 e. The van der Waals surface area contributed by atoms with Gasteiger partial charge in [-0.25, -0.2) is 4.79 Å². The van der Waals surface area contributed by atoms with Gasteiger partial charge in [0.1, 0.15) is 11.5 Å². The van der Waals surface area contributed by atoms with Gasteiger partial charge in [0.15, 0.2) is 0 Å². The topological polar surface area (TPSA) is 62.4 Å². The molecule has 0 heterocycles. The molecule has 1 unspecified atom stereocenters. The summed E-state index contributed by atoms with van der Waals surface area (Å²) < 4.78 is 5.92. The van der Waals surface area contributed by atoms with Gasteiger partial charge in [0.2, 0.25) is 0 Å². The minimum atomic E-state index is -0.212. The Kier molecular flexibility index (Phi) is 6.90. The van der Waals surface area contributed by atoms with Crippen molar-refractivity contribution in [1.82, 2.24) is 10.6 Å². The van der Waals surface area contributed by atoms with E-state index in [-0.39, 0.29) is 12.1 Å². The van der Waals surface area contributed by atoms with E-state index in [2.05, 4.69) is 16.0 Å². The smallest absolute Gasteiger partial charge is 0.315 e. The molecule has 0 aliphatic carbocycles. The number of carbonyl (C=O) groups is 1. The fraction of sp³-hybridized carbons (Fsp3) is 0.174. The summed E-state index contributed by atoms with van der Waals surface area (Å²) in [7, 11) is 0. The maximum atomic E-state index is 12.2. The summed E-state index contributed by atoms with van der Waals surface area (Å²) in [4.78, 5) is 12.2. The summed E-state index contributed by atoms with van der Waals surface area (Å²) in [6, 6.07) is 27.1. The Hall–Kier alpha value is -3.47. The quantitative estimate of drug-likeness (QED) is 0.531. The standard InChI is InChI=1S/C23H25N3O2/c1-18(26-20-11-4-2-5-12-20)16-24-23(27)25-17-19-10-8-9-15-22(19)28-21-13-6-3-7-14-21/h2-15,18,26H,16-17H2,1H3,(H2,24,25,27). The first-order valence-corrected chi connectivity index (χ1v) is 9.35.